The summed E-state index contributed by atoms with van der Waals surface area (Å²) in [6, 6.07) is 2.58. The van der Waals surface area contributed by atoms with Crippen LogP contribution in [0.5, 0.6) is 0 Å². The van der Waals surface area contributed by atoms with Gasteiger partial charge in [0.25, 0.3) is 0 Å². The van der Waals surface area contributed by atoms with Crippen LogP contribution in [0, 0.1) is 22.7 Å². The van der Waals surface area contributed by atoms with Crippen molar-refractivity contribution in [3.05, 3.63) is 0 Å². The van der Waals surface area contributed by atoms with Crippen molar-refractivity contribution in [2.75, 3.05) is 13.1 Å². The van der Waals surface area contributed by atoms with Crippen LogP contribution in [0.1, 0.15) is 44.9 Å². The molecule has 0 aromatic heterocycles. The smallest absolute Gasteiger partial charge is 0.0703 e. The summed E-state index contributed by atoms with van der Waals surface area (Å²) in [5.41, 5.74) is -0.0206. The van der Waals surface area contributed by atoms with Gasteiger partial charge < -0.3 is 5.32 Å². The molecule has 2 rings (SSSR count). The van der Waals surface area contributed by atoms with Gasteiger partial charge in [-0.25, -0.2) is 0 Å². The second-order valence-corrected chi connectivity index (χ2v) is 5.03. The molecule has 0 aromatic carbocycles. The Bertz CT molecular complexity index is 217. The number of rotatable bonds is 2. The standard InChI is InChI=1S/C12H20N2/c13-9-12(6-3-7-14-10-12)8-11-4-1-2-5-11/h11,14H,1-8,10H2. The van der Waals surface area contributed by atoms with E-state index in [0.29, 0.717) is 0 Å². The Kier molecular flexibility index (Phi) is 3.08. The van der Waals surface area contributed by atoms with Crippen LogP contribution < -0.4 is 5.32 Å². The molecule has 1 unspecified atom stereocenters. The first-order valence-electron chi connectivity index (χ1n) is 5.97. The number of hydrogen-bond donors (Lipinski definition) is 1. The molecule has 0 spiro atoms. The van der Waals surface area contributed by atoms with Crippen molar-refractivity contribution in [1.82, 2.24) is 5.32 Å². The average Bonchev–Trinajstić information content (AvgIpc) is 2.72. The summed E-state index contributed by atoms with van der Waals surface area (Å²) in [7, 11) is 0. The first-order valence-corrected chi connectivity index (χ1v) is 5.97. The zero-order chi connectivity index (χ0) is 9.86. The minimum Gasteiger partial charge on any atom is -0.315 e. The highest BCUT2D eigenvalue weighted by atomic mass is 14.9. The number of nitriles is 1. The maximum Gasteiger partial charge on any atom is 0.0703 e. The van der Waals surface area contributed by atoms with Crippen LogP contribution in [0.2, 0.25) is 0 Å². The predicted octanol–water partition coefficient (Wildman–Crippen LogP) is 2.46. The average molecular weight is 192 g/mol. The Hall–Kier alpha value is -0.550. The first-order chi connectivity index (χ1) is 6.85. The third kappa shape index (κ3) is 2.09. The third-order valence-corrected chi connectivity index (χ3v) is 3.86. The van der Waals surface area contributed by atoms with E-state index >= 15 is 0 Å². The zero-order valence-corrected chi connectivity index (χ0v) is 8.89. The van der Waals surface area contributed by atoms with E-state index in [9.17, 15) is 5.26 Å². The van der Waals surface area contributed by atoms with Crippen molar-refractivity contribution in [2.45, 2.75) is 44.9 Å². The molecule has 14 heavy (non-hydrogen) atoms. The number of hydrogen-bond acceptors (Lipinski definition) is 2. The van der Waals surface area contributed by atoms with Crippen LogP contribution in [-0.2, 0) is 0 Å². The van der Waals surface area contributed by atoms with E-state index in [-0.39, 0.29) is 5.41 Å². The van der Waals surface area contributed by atoms with Crippen molar-refractivity contribution in [3.63, 3.8) is 0 Å². The molecule has 0 amide bonds. The summed E-state index contributed by atoms with van der Waals surface area (Å²) < 4.78 is 0. The molecule has 0 bridgehead atoms. The Balaban J connectivity index is 1.93. The molecule has 1 N–H and O–H groups in total. The SMILES string of the molecule is N#CC1(CC2CCCC2)CCCNC1. The molecule has 1 saturated carbocycles. The van der Waals surface area contributed by atoms with Gasteiger partial charge in [0.05, 0.1) is 11.5 Å². The van der Waals surface area contributed by atoms with E-state index in [4.69, 9.17) is 0 Å². The zero-order valence-electron chi connectivity index (χ0n) is 8.89. The van der Waals surface area contributed by atoms with E-state index in [0.717, 1.165) is 31.8 Å². The normalized spacial score (nSPS) is 34.2. The van der Waals surface area contributed by atoms with Crippen LogP contribution >= 0.6 is 0 Å². The Morgan fingerprint density at radius 1 is 1.29 bits per heavy atom. The predicted molar refractivity (Wildman–Crippen MR) is 56.7 cm³/mol. The van der Waals surface area contributed by atoms with Gasteiger partial charge in [0.2, 0.25) is 0 Å². The summed E-state index contributed by atoms with van der Waals surface area (Å²) >= 11 is 0. The molecule has 1 saturated heterocycles. The van der Waals surface area contributed by atoms with Crippen molar-refractivity contribution in [1.29, 1.82) is 5.26 Å². The van der Waals surface area contributed by atoms with Gasteiger partial charge in [0.15, 0.2) is 0 Å². The highest BCUT2D eigenvalue weighted by Crippen LogP contribution is 2.39. The number of piperidine rings is 1. The molecule has 1 heterocycles. The molecule has 1 aliphatic carbocycles. The second-order valence-electron chi connectivity index (χ2n) is 5.03. The summed E-state index contributed by atoms with van der Waals surface area (Å²) in [6.07, 6.45) is 8.95. The van der Waals surface area contributed by atoms with Crippen LogP contribution in [0.15, 0.2) is 0 Å². The van der Waals surface area contributed by atoms with Crippen molar-refractivity contribution in [3.8, 4) is 6.07 Å². The first kappa shape index (κ1) is 9.98. The van der Waals surface area contributed by atoms with Gasteiger partial charge in [0, 0.05) is 6.54 Å². The molecule has 2 fully saturated rings. The minimum atomic E-state index is -0.0206. The van der Waals surface area contributed by atoms with Crippen molar-refractivity contribution >= 4 is 0 Å². The van der Waals surface area contributed by atoms with Crippen molar-refractivity contribution in [2.24, 2.45) is 11.3 Å². The van der Waals surface area contributed by atoms with E-state index in [2.05, 4.69) is 11.4 Å². The maximum absolute atomic E-state index is 9.31. The molecule has 2 heteroatoms. The topological polar surface area (TPSA) is 35.8 Å². The fourth-order valence-corrected chi connectivity index (χ4v) is 3.05. The van der Waals surface area contributed by atoms with Crippen LogP contribution in [0.4, 0.5) is 0 Å². The second kappa shape index (κ2) is 4.31. The van der Waals surface area contributed by atoms with E-state index in [1.807, 2.05) is 0 Å². The highest BCUT2D eigenvalue weighted by Gasteiger charge is 2.35. The van der Waals surface area contributed by atoms with Gasteiger partial charge in [-0.2, -0.15) is 5.26 Å². The number of nitrogens with zero attached hydrogens (tertiary/aromatic N) is 1. The van der Waals surface area contributed by atoms with Gasteiger partial charge in [-0.3, -0.25) is 0 Å². The van der Waals surface area contributed by atoms with Crippen LogP contribution in [-0.4, -0.2) is 13.1 Å². The van der Waals surface area contributed by atoms with Gasteiger partial charge >= 0.3 is 0 Å². The highest BCUT2D eigenvalue weighted by molar-refractivity contribution is 5.03. The molecule has 0 radical (unpaired) electrons. The van der Waals surface area contributed by atoms with Crippen molar-refractivity contribution < 1.29 is 0 Å². The molecule has 1 atom stereocenters. The Morgan fingerprint density at radius 3 is 2.64 bits per heavy atom. The van der Waals surface area contributed by atoms with E-state index in [1.165, 1.54) is 32.1 Å². The Labute approximate surface area is 86.7 Å². The molecule has 1 aliphatic heterocycles. The number of nitrogens with one attached hydrogen (secondary N) is 1. The largest absolute Gasteiger partial charge is 0.315 e. The van der Waals surface area contributed by atoms with E-state index < -0.39 is 0 Å². The van der Waals surface area contributed by atoms with Crippen LogP contribution in [0.3, 0.4) is 0 Å². The van der Waals surface area contributed by atoms with E-state index in [1.54, 1.807) is 0 Å². The lowest BCUT2D eigenvalue weighted by Gasteiger charge is -2.33. The third-order valence-electron chi connectivity index (χ3n) is 3.86. The summed E-state index contributed by atoms with van der Waals surface area (Å²) in [6.45, 7) is 2.04. The maximum atomic E-state index is 9.31. The summed E-state index contributed by atoms with van der Waals surface area (Å²) in [5.74, 6) is 0.842. The summed E-state index contributed by atoms with van der Waals surface area (Å²) in [5, 5.41) is 12.7. The quantitative estimate of drug-likeness (QED) is 0.729. The van der Waals surface area contributed by atoms with Gasteiger partial charge in [0.1, 0.15) is 0 Å². The van der Waals surface area contributed by atoms with Gasteiger partial charge in [-0.1, -0.05) is 25.7 Å². The van der Waals surface area contributed by atoms with Gasteiger partial charge in [-0.05, 0) is 31.7 Å². The lowest BCUT2D eigenvalue weighted by molar-refractivity contribution is 0.227. The summed E-state index contributed by atoms with van der Waals surface area (Å²) in [4.78, 5) is 0. The Morgan fingerprint density at radius 2 is 2.07 bits per heavy atom. The lowest BCUT2D eigenvalue weighted by atomic mass is 9.75. The molecular formula is C12H20N2. The molecule has 0 aromatic rings. The fourth-order valence-electron chi connectivity index (χ4n) is 3.05. The fraction of sp³-hybridized carbons (Fsp3) is 0.917. The van der Waals surface area contributed by atoms with Gasteiger partial charge in [-0.15, -0.1) is 0 Å². The molecular weight excluding hydrogens is 172 g/mol. The van der Waals surface area contributed by atoms with Crippen LogP contribution in [0.25, 0.3) is 0 Å². The minimum absolute atomic E-state index is 0.0206. The molecule has 2 aliphatic rings. The molecule has 78 valence electrons. The lowest BCUT2D eigenvalue weighted by Crippen LogP contribution is -2.40. The monoisotopic (exact) mass is 192 g/mol. The molecule has 2 nitrogen and oxygen atoms in total.